The Bertz CT molecular complexity index is 537. The quantitative estimate of drug-likeness (QED) is 0.803. The molecule has 0 bridgehead atoms. The highest BCUT2D eigenvalue weighted by Gasteiger charge is 2.35. The van der Waals surface area contributed by atoms with Crippen LogP contribution in [-0.2, 0) is 11.0 Å². The molecule has 1 aliphatic rings. The van der Waals surface area contributed by atoms with Gasteiger partial charge in [-0.3, -0.25) is 9.59 Å². The molecule has 0 spiro atoms. The van der Waals surface area contributed by atoms with Crippen molar-refractivity contribution in [3.63, 3.8) is 0 Å². The van der Waals surface area contributed by atoms with E-state index in [0.717, 1.165) is 18.9 Å². The summed E-state index contributed by atoms with van der Waals surface area (Å²) in [4.78, 5) is 23.9. The molecule has 1 heterocycles. The van der Waals surface area contributed by atoms with Crippen LogP contribution in [0, 0.1) is 0 Å². The molecule has 0 aliphatic carbocycles. The molecule has 0 radical (unpaired) electrons. The van der Waals surface area contributed by atoms with Crippen molar-refractivity contribution in [3.05, 3.63) is 29.3 Å². The van der Waals surface area contributed by atoms with Crippen LogP contribution in [0.15, 0.2) is 18.2 Å². The van der Waals surface area contributed by atoms with Crippen LogP contribution in [-0.4, -0.2) is 36.8 Å². The van der Waals surface area contributed by atoms with Crippen molar-refractivity contribution in [1.82, 2.24) is 4.90 Å². The second kappa shape index (κ2) is 6.15. The fourth-order valence-corrected chi connectivity index (χ4v) is 2.17. The molecule has 1 fully saturated rings. The SMILES string of the molecule is O=Cc1ccc(OCC(=O)N2CCCC2)c(C(F)(F)F)c1. The molecule has 0 aromatic heterocycles. The number of hydrogen-bond acceptors (Lipinski definition) is 3. The van der Waals surface area contributed by atoms with Gasteiger partial charge in [0.25, 0.3) is 5.91 Å². The summed E-state index contributed by atoms with van der Waals surface area (Å²) in [7, 11) is 0. The Morgan fingerprint density at radius 2 is 1.95 bits per heavy atom. The normalized spacial score (nSPS) is 15.1. The van der Waals surface area contributed by atoms with Crippen LogP contribution >= 0.6 is 0 Å². The summed E-state index contributed by atoms with van der Waals surface area (Å²) in [5.74, 6) is -0.777. The minimum atomic E-state index is -4.65. The Balaban J connectivity index is 2.11. The number of benzene rings is 1. The lowest BCUT2D eigenvalue weighted by atomic mass is 10.1. The van der Waals surface area contributed by atoms with Crippen molar-refractivity contribution in [3.8, 4) is 5.75 Å². The Morgan fingerprint density at radius 3 is 2.52 bits per heavy atom. The van der Waals surface area contributed by atoms with Gasteiger partial charge in [-0.25, -0.2) is 0 Å². The number of aldehydes is 1. The van der Waals surface area contributed by atoms with Gasteiger partial charge < -0.3 is 9.64 Å². The van der Waals surface area contributed by atoms with Crippen molar-refractivity contribution in [1.29, 1.82) is 0 Å². The number of carbonyl (C=O) groups excluding carboxylic acids is 2. The molecule has 1 aromatic carbocycles. The molecule has 114 valence electrons. The summed E-state index contributed by atoms with van der Waals surface area (Å²) >= 11 is 0. The molecule has 0 unspecified atom stereocenters. The van der Waals surface area contributed by atoms with Gasteiger partial charge in [-0.05, 0) is 31.0 Å². The predicted molar refractivity (Wildman–Crippen MR) is 68.1 cm³/mol. The maximum atomic E-state index is 12.9. The summed E-state index contributed by atoms with van der Waals surface area (Å²) < 4.78 is 43.7. The van der Waals surface area contributed by atoms with Crippen LogP contribution in [0.1, 0.15) is 28.8 Å². The highest BCUT2D eigenvalue weighted by atomic mass is 19.4. The fourth-order valence-electron chi connectivity index (χ4n) is 2.17. The predicted octanol–water partition coefficient (Wildman–Crippen LogP) is 2.52. The molecule has 0 N–H and O–H groups in total. The Kier molecular flexibility index (Phi) is 4.50. The van der Waals surface area contributed by atoms with Gasteiger partial charge in [0.05, 0.1) is 5.56 Å². The third-order valence-corrected chi connectivity index (χ3v) is 3.26. The molecule has 21 heavy (non-hydrogen) atoms. The van der Waals surface area contributed by atoms with Crippen molar-refractivity contribution >= 4 is 12.2 Å². The number of ether oxygens (including phenoxy) is 1. The number of hydrogen-bond donors (Lipinski definition) is 0. The van der Waals surface area contributed by atoms with Crippen LogP contribution in [0.25, 0.3) is 0 Å². The molecule has 0 atom stereocenters. The van der Waals surface area contributed by atoms with E-state index in [4.69, 9.17) is 4.74 Å². The van der Waals surface area contributed by atoms with E-state index >= 15 is 0 Å². The van der Waals surface area contributed by atoms with Crippen molar-refractivity contribution in [2.24, 2.45) is 0 Å². The van der Waals surface area contributed by atoms with E-state index in [1.165, 1.54) is 6.07 Å². The van der Waals surface area contributed by atoms with Crippen LogP contribution in [0.5, 0.6) is 5.75 Å². The topological polar surface area (TPSA) is 46.6 Å². The number of likely N-dealkylation sites (tertiary alicyclic amines) is 1. The summed E-state index contributed by atoms with van der Waals surface area (Å²) in [5.41, 5.74) is -1.15. The van der Waals surface area contributed by atoms with Gasteiger partial charge >= 0.3 is 6.18 Å². The average Bonchev–Trinajstić information content (AvgIpc) is 2.97. The maximum Gasteiger partial charge on any atom is 0.419 e. The van der Waals surface area contributed by atoms with Crippen molar-refractivity contribution in [2.45, 2.75) is 19.0 Å². The fraction of sp³-hybridized carbons (Fsp3) is 0.429. The number of rotatable bonds is 4. The lowest BCUT2D eigenvalue weighted by Crippen LogP contribution is -2.32. The molecular weight excluding hydrogens is 287 g/mol. The molecule has 0 saturated carbocycles. The van der Waals surface area contributed by atoms with E-state index in [2.05, 4.69) is 0 Å². The van der Waals surface area contributed by atoms with Gasteiger partial charge in [0.1, 0.15) is 12.0 Å². The smallest absolute Gasteiger partial charge is 0.419 e. The number of alkyl halides is 3. The van der Waals surface area contributed by atoms with Crippen LogP contribution in [0.2, 0.25) is 0 Å². The zero-order valence-corrected chi connectivity index (χ0v) is 11.2. The standard InChI is InChI=1S/C14H14F3NO3/c15-14(16,17)11-7-10(8-19)3-4-12(11)21-9-13(20)18-5-1-2-6-18/h3-4,7-8H,1-2,5-6,9H2. The van der Waals surface area contributed by atoms with E-state index in [9.17, 15) is 22.8 Å². The van der Waals surface area contributed by atoms with Gasteiger partial charge in [-0.2, -0.15) is 13.2 Å². The average molecular weight is 301 g/mol. The lowest BCUT2D eigenvalue weighted by molar-refractivity contribution is -0.140. The molecule has 1 saturated heterocycles. The first kappa shape index (κ1) is 15.3. The molecule has 4 nitrogen and oxygen atoms in total. The molecule has 2 rings (SSSR count). The van der Waals surface area contributed by atoms with E-state index in [1.54, 1.807) is 4.90 Å². The van der Waals surface area contributed by atoms with E-state index in [-0.39, 0.29) is 11.5 Å². The van der Waals surface area contributed by atoms with E-state index < -0.39 is 24.1 Å². The van der Waals surface area contributed by atoms with E-state index in [0.29, 0.717) is 25.4 Å². The van der Waals surface area contributed by atoms with E-state index in [1.807, 2.05) is 0 Å². The van der Waals surface area contributed by atoms with Crippen LogP contribution in [0.4, 0.5) is 13.2 Å². The zero-order valence-electron chi connectivity index (χ0n) is 11.2. The highest BCUT2D eigenvalue weighted by molar-refractivity contribution is 5.78. The van der Waals surface area contributed by atoms with Gasteiger partial charge in [-0.1, -0.05) is 0 Å². The van der Waals surface area contributed by atoms with Crippen molar-refractivity contribution < 1.29 is 27.5 Å². The largest absolute Gasteiger partial charge is 0.483 e. The Morgan fingerprint density at radius 1 is 1.29 bits per heavy atom. The molecule has 1 aliphatic heterocycles. The van der Waals surface area contributed by atoms with Gasteiger partial charge in [0.15, 0.2) is 6.61 Å². The third kappa shape index (κ3) is 3.74. The molecule has 1 aromatic rings. The summed E-state index contributed by atoms with van der Waals surface area (Å²) in [5, 5.41) is 0. The van der Waals surface area contributed by atoms with Gasteiger partial charge in [0.2, 0.25) is 0 Å². The lowest BCUT2D eigenvalue weighted by Gasteiger charge is -2.17. The monoisotopic (exact) mass is 301 g/mol. The maximum absolute atomic E-state index is 12.9. The van der Waals surface area contributed by atoms with Crippen LogP contribution < -0.4 is 4.74 Å². The first-order valence-electron chi connectivity index (χ1n) is 6.49. The Labute approximate surface area is 119 Å². The third-order valence-electron chi connectivity index (χ3n) is 3.26. The number of halogens is 3. The zero-order chi connectivity index (χ0) is 15.5. The summed E-state index contributed by atoms with van der Waals surface area (Å²) in [6, 6.07) is 2.99. The summed E-state index contributed by atoms with van der Waals surface area (Å²) in [6.07, 6.45) is -2.53. The van der Waals surface area contributed by atoms with Gasteiger partial charge in [0, 0.05) is 18.7 Å². The first-order valence-corrected chi connectivity index (χ1v) is 6.49. The van der Waals surface area contributed by atoms with Crippen molar-refractivity contribution in [2.75, 3.05) is 19.7 Å². The minimum Gasteiger partial charge on any atom is -0.483 e. The highest BCUT2D eigenvalue weighted by Crippen LogP contribution is 2.36. The summed E-state index contributed by atoms with van der Waals surface area (Å²) in [6.45, 7) is 0.778. The molecule has 7 heteroatoms. The first-order chi connectivity index (χ1) is 9.91. The van der Waals surface area contributed by atoms with Crippen LogP contribution in [0.3, 0.4) is 0 Å². The molecular formula is C14H14F3NO3. The number of nitrogens with zero attached hydrogens (tertiary/aromatic N) is 1. The second-order valence-electron chi connectivity index (χ2n) is 4.75. The Hall–Kier alpha value is -2.05. The second-order valence-corrected chi connectivity index (χ2v) is 4.75. The number of carbonyl (C=O) groups is 2. The van der Waals surface area contributed by atoms with Gasteiger partial charge in [-0.15, -0.1) is 0 Å². The minimum absolute atomic E-state index is 0.0967. The number of amides is 1. The molecule has 1 amide bonds.